The number of aryl methyl sites for hydroxylation is 1. The first-order chi connectivity index (χ1) is 11.3. The molecule has 0 fully saturated rings. The third kappa shape index (κ3) is 4.08. The second kappa shape index (κ2) is 9.16. The summed E-state index contributed by atoms with van der Waals surface area (Å²) in [5.41, 5.74) is 4.71. The highest BCUT2D eigenvalue weighted by Gasteiger charge is 2.27. The number of amides is 1. The van der Waals surface area contributed by atoms with Crippen molar-refractivity contribution in [3.8, 4) is 0 Å². The van der Waals surface area contributed by atoms with E-state index >= 15 is 0 Å². The van der Waals surface area contributed by atoms with Gasteiger partial charge in [-0.3, -0.25) is 18.7 Å². The zero-order valence-electron chi connectivity index (χ0n) is 15.2. The summed E-state index contributed by atoms with van der Waals surface area (Å²) in [6, 6.07) is 3.00. The molecule has 0 unspecified atom stereocenters. The standard InChI is InChI=1S/C16H23N5O3.2ClH/c1-5-16(6-2,9-17)19-13(22)11-8-7-10-12(18-11)20(3)15(24)21(4)14(10)23;;/h7-8H,5-6,9,17H2,1-4H3,(H,19,22);2*1H. The number of nitrogens with two attached hydrogens (primary N) is 1. The summed E-state index contributed by atoms with van der Waals surface area (Å²) in [7, 11) is 2.92. The highest BCUT2D eigenvalue weighted by molar-refractivity contribution is 5.94. The van der Waals surface area contributed by atoms with E-state index in [1.54, 1.807) is 0 Å². The van der Waals surface area contributed by atoms with Gasteiger partial charge in [0.25, 0.3) is 11.5 Å². The number of hydrogen-bond donors (Lipinski definition) is 2. The van der Waals surface area contributed by atoms with Gasteiger partial charge in [-0.2, -0.15) is 0 Å². The van der Waals surface area contributed by atoms with Crippen LogP contribution in [-0.2, 0) is 14.1 Å². The first-order valence-electron chi connectivity index (χ1n) is 7.89. The molecule has 0 atom stereocenters. The zero-order valence-corrected chi connectivity index (χ0v) is 16.9. The molecule has 0 radical (unpaired) electrons. The SMILES string of the molecule is CCC(CC)(CN)NC(=O)c1ccc2c(=O)n(C)c(=O)n(C)c2n1.Cl.Cl. The predicted molar refractivity (Wildman–Crippen MR) is 107 cm³/mol. The molecule has 0 saturated carbocycles. The molecule has 146 valence electrons. The Labute approximate surface area is 163 Å². The molecular weight excluding hydrogens is 381 g/mol. The van der Waals surface area contributed by atoms with Crippen molar-refractivity contribution >= 4 is 41.8 Å². The maximum Gasteiger partial charge on any atom is 0.332 e. The molecule has 3 N–H and O–H groups in total. The van der Waals surface area contributed by atoms with E-state index in [2.05, 4.69) is 10.3 Å². The van der Waals surface area contributed by atoms with Crippen LogP contribution in [-0.4, -0.2) is 32.1 Å². The van der Waals surface area contributed by atoms with Gasteiger partial charge in [0, 0.05) is 20.6 Å². The van der Waals surface area contributed by atoms with Gasteiger partial charge in [-0.05, 0) is 25.0 Å². The number of nitrogens with one attached hydrogen (secondary N) is 1. The molecule has 26 heavy (non-hydrogen) atoms. The van der Waals surface area contributed by atoms with Crippen LogP contribution in [0.2, 0.25) is 0 Å². The van der Waals surface area contributed by atoms with E-state index in [1.807, 2.05) is 13.8 Å². The average Bonchev–Trinajstić information content (AvgIpc) is 2.62. The number of carbonyl (C=O) groups excluding carboxylic acids is 1. The molecule has 8 nitrogen and oxygen atoms in total. The van der Waals surface area contributed by atoms with Crippen molar-refractivity contribution in [1.29, 1.82) is 0 Å². The van der Waals surface area contributed by atoms with Gasteiger partial charge >= 0.3 is 5.69 Å². The van der Waals surface area contributed by atoms with Gasteiger partial charge in [-0.15, -0.1) is 24.8 Å². The summed E-state index contributed by atoms with van der Waals surface area (Å²) < 4.78 is 2.26. The lowest BCUT2D eigenvalue weighted by atomic mass is 9.93. The van der Waals surface area contributed by atoms with Crippen LogP contribution in [0.3, 0.4) is 0 Å². The number of rotatable bonds is 5. The lowest BCUT2D eigenvalue weighted by Crippen LogP contribution is -2.53. The minimum Gasteiger partial charge on any atom is -0.344 e. The van der Waals surface area contributed by atoms with E-state index in [0.29, 0.717) is 19.4 Å². The molecular formula is C16H25Cl2N5O3. The van der Waals surface area contributed by atoms with Crippen LogP contribution in [0.1, 0.15) is 37.2 Å². The maximum absolute atomic E-state index is 12.5. The molecule has 0 aliphatic rings. The topological polar surface area (TPSA) is 112 Å². The number of aromatic nitrogens is 3. The van der Waals surface area contributed by atoms with Crippen LogP contribution in [0.4, 0.5) is 0 Å². The molecule has 10 heteroatoms. The van der Waals surface area contributed by atoms with Gasteiger partial charge in [0.2, 0.25) is 0 Å². The fourth-order valence-corrected chi connectivity index (χ4v) is 2.65. The number of carbonyl (C=O) groups is 1. The van der Waals surface area contributed by atoms with Crippen molar-refractivity contribution in [3.63, 3.8) is 0 Å². The highest BCUT2D eigenvalue weighted by atomic mass is 35.5. The molecule has 2 aromatic rings. The molecule has 0 aliphatic carbocycles. The Hall–Kier alpha value is -1.90. The second-order valence-corrected chi connectivity index (χ2v) is 5.92. The quantitative estimate of drug-likeness (QED) is 0.760. The monoisotopic (exact) mass is 405 g/mol. The number of nitrogens with zero attached hydrogens (tertiary/aromatic N) is 3. The lowest BCUT2D eigenvalue weighted by molar-refractivity contribution is 0.0890. The lowest BCUT2D eigenvalue weighted by Gasteiger charge is -2.31. The first-order valence-corrected chi connectivity index (χ1v) is 7.89. The van der Waals surface area contributed by atoms with Crippen LogP contribution in [0, 0.1) is 0 Å². The Kier molecular flexibility index (Phi) is 8.49. The molecule has 2 heterocycles. The van der Waals surface area contributed by atoms with Crippen LogP contribution in [0.15, 0.2) is 21.7 Å². The molecule has 0 aromatic carbocycles. The van der Waals surface area contributed by atoms with Crippen molar-refractivity contribution in [3.05, 3.63) is 38.7 Å². The Morgan fingerprint density at radius 3 is 2.23 bits per heavy atom. The Morgan fingerprint density at radius 2 is 1.73 bits per heavy atom. The third-order valence-corrected chi connectivity index (χ3v) is 4.66. The minimum atomic E-state index is -0.494. The normalized spacial score (nSPS) is 10.8. The van der Waals surface area contributed by atoms with E-state index in [1.165, 1.54) is 30.8 Å². The minimum absolute atomic E-state index is 0. The Morgan fingerprint density at radius 1 is 1.15 bits per heavy atom. The van der Waals surface area contributed by atoms with E-state index in [0.717, 1.165) is 4.57 Å². The fraction of sp³-hybridized carbons (Fsp3) is 0.500. The van der Waals surface area contributed by atoms with Crippen molar-refractivity contribution in [2.45, 2.75) is 32.2 Å². The Bertz CT molecular complexity index is 895. The summed E-state index contributed by atoms with van der Waals surface area (Å²) in [6.07, 6.45) is 1.39. The number of halogens is 2. The van der Waals surface area contributed by atoms with Gasteiger partial charge in [0.05, 0.1) is 10.9 Å². The molecule has 2 aromatic heterocycles. The van der Waals surface area contributed by atoms with Crippen LogP contribution < -0.4 is 22.3 Å². The summed E-state index contributed by atoms with van der Waals surface area (Å²) in [5, 5.41) is 3.21. The van der Waals surface area contributed by atoms with Gasteiger partial charge < -0.3 is 11.1 Å². The van der Waals surface area contributed by atoms with E-state index < -0.39 is 16.8 Å². The molecule has 0 aliphatic heterocycles. The van der Waals surface area contributed by atoms with Gasteiger partial charge in [0.1, 0.15) is 11.3 Å². The second-order valence-electron chi connectivity index (χ2n) is 5.92. The smallest absolute Gasteiger partial charge is 0.332 e. The molecule has 0 bridgehead atoms. The first kappa shape index (κ1) is 24.1. The number of fused-ring (bicyclic) bond motifs is 1. The zero-order chi connectivity index (χ0) is 18.1. The van der Waals surface area contributed by atoms with Crippen molar-refractivity contribution in [2.75, 3.05) is 6.54 Å². The number of pyridine rings is 1. The number of hydrogen-bond acceptors (Lipinski definition) is 5. The Balaban J connectivity index is 0.00000312. The molecule has 0 saturated heterocycles. The largest absolute Gasteiger partial charge is 0.344 e. The van der Waals surface area contributed by atoms with E-state index in [4.69, 9.17) is 5.73 Å². The van der Waals surface area contributed by atoms with Gasteiger partial charge in [-0.25, -0.2) is 9.78 Å². The van der Waals surface area contributed by atoms with Crippen molar-refractivity contribution in [2.24, 2.45) is 19.8 Å². The molecule has 0 spiro atoms. The summed E-state index contributed by atoms with van der Waals surface area (Å²) >= 11 is 0. The summed E-state index contributed by atoms with van der Waals surface area (Å²) in [5.74, 6) is -0.376. The average molecular weight is 406 g/mol. The van der Waals surface area contributed by atoms with Crippen LogP contribution in [0.5, 0.6) is 0 Å². The predicted octanol–water partition coefficient (Wildman–Crippen LogP) is 0.723. The van der Waals surface area contributed by atoms with E-state index in [-0.39, 0.29) is 47.4 Å². The molecule has 1 amide bonds. The van der Waals surface area contributed by atoms with Gasteiger partial charge in [-0.1, -0.05) is 13.8 Å². The highest BCUT2D eigenvalue weighted by Crippen LogP contribution is 2.15. The third-order valence-electron chi connectivity index (χ3n) is 4.66. The molecule has 2 rings (SSSR count). The van der Waals surface area contributed by atoms with Crippen molar-refractivity contribution < 1.29 is 4.79 Å². The van der Waals surface area contributed by atoms with Crippen LogP contribution >= 0.6 is 24.8 Å². The van der Waals surface area contributed by atoms with E-state index in [9.17, 15) is 14.4 Å². The van der Waals surface area contributed by atoms with Gasteiger partial charge in [0.15, 0.2) is 0 Å². The fourth-order valence-electron chi connectivity index (χ4n) is 2.65. The van der Waals surface area contributed by atoms with Crippen LogP contribution in [0.25, 0.3) is 11.0 Å². The summed E-state index contributed by atoms with van der Waals surface area (Å²) in [4.78, 5) is 40.9. The van der Waals surface area contributed by atoms with Crippen molar-refractivity contribution in [1.82, 2.24) is 19.4 Å². The summed E-state index contributed by atoms with van der Waals surface area (Å²) in [6.45, 7) is 4.23. The maximum atomic E-state index is 12.5.